The molecule has 1 saturated heterocycles. The van der Waals surface area contributed by atoms with Crippen molar-refractivity contribution in [2.75, 3.05) is 11.4 Å². The van der Waals surface area contributed by atoms with E-state index in [-0.39, 0.29) is 11.8 Å². The van der Waals surface area contributed by atoms with Crippen LogP contribution in [0.1, 0.15) is 17.5 Å². The molecule has 0 saturated carbocycles. The summed E-state index contributed by atoms with van der Waals surface area (Å²) < 4.78 is 0. The number of carbonyl (C=O) groups is 1. The molecule has 1 aliphatic heterocycles. The molecule has 1 aromatic rings. The van der Waals surface area contributed by atoms with Gasteiger partial charge in [-0.15, -0.1) is 17.9 Å². The van der Waals surface area contributed by atoms with Gasteiger partial charge in [-0.25, -0.2) is 0 Å². The first kappa shape index (κ1) is 10.9. The lowest BCUT2D eigenvalue weighted by Gasteiger charge is -2.14. The van der Waals surface area contributed by atoms with Gasteiger partial charge in [0, 0.05) is 18.9 Å². The Morgan fingerprint density at radius 2 is 2.50 bits per heavy atom. The number of aryl methyl sites for hydroxylation is 1. The molecule has 2 rings (SSSR count). The van der Waals surface area contributed by atoms with E-state index in [1.807, 2.05) is 18.4 Å². The highest BCUT2D eigenvalue weighted by molar-refractivity contribution is 7.14. The Morgan fingerprint density at radius 3 is 3.06 bits per heavy atom. The maximum absolute atomic E-state index is 11.8. The first-order valence-corrected chi connectivity index (χ1v) is 5.96. The lowest BCUT2D eigenvalue weighted by atomic mass is 10.1. The second-order valence-corrected chi connectivity index (χ2v) is 4.77. The standard InChI is InChI=1S/C12H12N2OS/c1-3-9-4-11(15)14(6-9)12-10(5-13)8(2)7-16-12/h3,7,9H,1,4,6H2,2H3. The van der Waals surface area contributed by atoms with E-state index in [0.29, 0.717) is 18.5 Å². The van der Waals surface area contributed by atoms with E-state index in [4.69, 9.17) is 5.26 Å². The molecule has 4 heteroatoms. The summed E-state index contributed by atoms with van der Waals surface area (Å²) in [4.78, 5) is 13.5. The Hall–Kier alpha value is -1.60. The van der Waals surface area contributed by atoms with Crippen LogP contribution in [0.2, 0.25) is 0 Å². The molecule has 0 aromatic carbocycles. The van der Waals surface area contributed by atoms with E-state index in [0.717, 1.165) is 10.6 Å². The molecule has 1 amide bonds. The van der Waals surface area contributed by atoms with Crippen molar-refractivity contribution in [3.63, 3.8) is 0 Å². The van der Waals surface area contributed by atoms with Crippen LogP contribution in [0.15, 0.2) is 18.0 Å². The van der Waals surface area contributed by atoms with Crippen molar-refractivity contribution in [3.8, 4) is 6.07 Å². The first-order chi connectivity index (χ1) is 7.67. The third kappa shape index (κ3) is 1.63. The molecule has 1 fully saturated rings. The smallest absolute Gasteiger partial charge is 0.228 e. The Morgan fingerprint density at radius 1 is 1.75 bits per heavy atom. The minimum atomic E-state index is 0.0863. The van der Waals surface area contributed by atoms with Crippen LogP contribution in [-0.4, -0.2) is 12.5 Å². The molecule has 1 aliphatic rings. The number of thiophene rings is 1. The number of hydrogen-bond acceptors (Lipinski definition) is 3. The number of anilines is 1. The summed E-state index contributed by atoms with van der Waals surface area (Å²) in [5, 5.41) is 11.8. The molecular formula is C12H12N2OS. The second kappa shape index (κ2) is 4.11. The maximum atomic E-state index is 11.8. The highest BCUT2D eigenvalue weighted by Crippen LogP contribution is 2.34. The van der Waals surface area contributed by atoms with Crippen LogP contribution in [0, 0.1) is 24.2 Å². The van der Waals surface area contributed by atoms with Crippen LogP contribution >= 0.6 is 11.3 Å². The van der Waals surface area contributed by atoms with E-state index < -0.39 is 0 Å². The van der Waals surface area contributed by atoms with Gasteiger partial charge < -0.3 is 4.90 Å². The van der Waals surface area contributed by atoms with Crippen LogP contribution in [0.3, 0.4) is 0 Å². The fourth-order valence-corrected chi connectivity index (χ4v) is 2.89. The summed E-state index contributed by atoms with van der Waals surface area (Å²) in [7, 11) is 0. The SMILES string of the molecule is C=CC1CC(=O)N(c2scc(C)c2C#N)C1. The van der Waals surface area contributed by atoms with E-state index in [1.54, 1.807) is 4.90 Å². The highest BCUT2D eigenvalue weighted by atomic mass is 32.1. The van der Waals surface area contributed by atoms with E-state index in [1.165, 1.54) is 11.3 Å². The molecule has 1 aromatic heterocycles. The summed E-state index contributed by atoms with van der Waals surface area (Å²) >= 11 is 1.46. The Balaban J connectivity index is 2.35. The first-order valence-electron chi connectivity index (χ1n) is 5.08. The van der Waals surface area contributed by atoms with Crippen molar-refractivity contribution in [1.29, 1.82) is 5.26 Å². The quantitative estimate of drug-likeness (QED) is 0.735. The van der Waals surface area contributed by atoms with Crippen molar-refractivity contribution in [1.82, 2.24) is 0 Å². The molecule has 82 valence electrons. The second-order valence-electron chi connectivity index (χ2n) is 3.91. The molecule has 1 unspecified atom stereocenters. The van der Waals surface area contributed by atoms with Gasteiger partial charge in [0.2, 0.25) is 5.91 Å². The number of carbonyl (C=O) groups excluding carboxylic acids is 1. The van der Waals surface area contributed by atoms with Crippen LogP contribution in [-0.2, 0) is 4.79 Å². The minimum absolute atomic E-state index is 0.0863. The summed E-state index contributed by atoms with van der Waals surface area (Å²) in [6.07, 6.45) is 2.32. The van der Waals surface area contributed by atoms with Crippen molar-refractivity contribution < 1.29 is 4.79 Å². The molecule has 0 bridgehead atoms. The van der Waals surface area contributed by atoms with Crippen LogP contribution in [0.25, 0.3) is 0 Å². The van der Waals surface area contributed by atoms with Crippen LogP contribution in [0.5, 0.6) is 0 Å². The van der Waals surface area contributed by atoms with Gasteiger partial charge in [-0.3, -0.25) is 4.79 Å². The summed E-state index contributed by atoms with van der Waals surface area (Å²) in [6, 6.07) is 2.16. The topological polar surface area (TPSA) is 44.1 Å². The van der Waals surface area contributed by atoms with E-state index in [9.17, 15) is 4.79 Å². The molecule has 3 nitrogen and oxygen atoms in total. The number of nitrogens with zero attached hydrogens (tertiary/aromatic N) is 2. The van der Waals surface area contributed by atoms with Gasteiger partial charge in [-0.05, 0) is 17.9 Å². The van der Waals surface area contributed by atoms with Crippen molar-refractivity contribution in [2.45, 2.75) is 13.3 Å². The van der Waals surface area contributed by atoms with Crippen molar-refractivity contribution in [2.24, 2.45) is 5.92 Å². The van der Waals surface area contributed by atoms with Crippen molar-refractivity contribution >= 4 is 22.2 Å². The molecule has 16 heavy (non-hydrogen) atoms. The summed E-state index contributed by atoms with van der Waals surface area (Å²) in [6.45, 7) is 6.26. The van der Waals surface area contributed by atoms with Crippen LogP contribution in [0.4, 0.5) is 5.00 Å². The average Bonchev–Trinajstić information content (AvgIpc) is 2.81. The fraction of sp³-hybridized carbons (Fsp3) is 0.333. The molecule has 0 aliphatic carbocycles. The maximum Gasteiger partial charge on any atom is 0.228 e. The van der Waals surface area contributed by atoms with Gasteiger partial charge in [0.1, 0.15) is 11.1 Å². The molecular weight excluding hydrogens is 220 g/mol. The molecule has 0 radical (unpaired) electrons. The van der Waals surface area contributed by atoms with Crippen molar-refractivity contribution in [3.05, 3.63) is 29.2 Å². The molecule has 0 N–H and O–H groups in total. The lowest BCUT2D eigenvalue weighted by molar-refractivity contribution is -0.117. The Kier molecular flexibility index (Phi) is 2.80. The monoisotopic (exact) mass is 232 g/mol. The van der Waals surface area contributed by atoms with Crippen LogP contribution < -0.4 is 4.90 Å². The van der Waals surface area contributed by atoms with Gasteiger partial charge in [-0.1, -0.05) is 6.08 Å². The predicted molar refractivity (Wildman–Crippen MR) is 64.4 cm³/mol. The molecule has 2 heterocycles. The van der Waals surface area contributed by atoms with E-state index >= 15 is 0 Å². The summed E-state index contributed by atoms with van der Waals surface area (Å²) in [5.74, 6) is 0.296. The number of nitriles is 1. The predicted octanol–water partition coefficient (Wildman–Crippen LogP) is 2.47. The Labute approximate surface area is 98.6 Å². The Bertz CT molecular complexity index is 484. The third-order valence-corrected chi connectivity index (χ3v) is 3.92. The zero-order valence-electron chi connectivity index (χ0n) is 9.06. The minimum Gasteiger partial charge on any atom is -0.302 e. The normalized spacial score (nSPS) is 19.9. The van der Waals surface area contributed by atoms with Gasteiger partial charge in [-0.2, -0.15) is 5.26 Å². The van der Waals surface area contributed by atoms with Gasteiger partial charge in [0.15, 0.2) is 0 Å². The zero-order chi connectivity index (χ0) is 11.7. The highest BCUT2D eigenvalue weighted by Gasteiger charge is 2.31. The number of rotatable bonds is 2. The number of hydrogen-bond donors (Lipinski definition) is 0. The molecule has 1 atom stereocenters. The average molecular weight is 232 g/mol. The summed E-state index contributed by atoms with van der Waals surface area (Å²) in [5.41, 5.74) is 1.57. The number of amides is 1. The third-order valence-electron chi connectivity index (χ3n) is 2.80. The van der Waals surface area contributed by atoms with Gasteiger partial charge in [0.25, 0.3) is 0 Å². The molecule has 0 spiro atoms. The zero-order valence-corrected chi connectivity index (χ0v) is 9.88. The van der Waals surface area contributed by atoms with Gasteiger partial charge >= 0.3 is 0 Å². The lowest BCUT2D eigenvalue weighted by Crippen LogP contribution is -2.24. The van der Waals surface area contributed by atoms with E-state index in [2.05, 4.69) is 12.6 Å². The van der Waals surface area contributed by atoms with Gasteiger partial charge in [0.05, 0.1) is 5.56 Å². The fourth-order valence-electron chi connectivity index (χ4n) is 1.85. The largest absolute Gasteiger partial charge is 0.302 e.